The second-order valence-electron chi connectivity index (χ2n) is 5.31. The van der Waals surface area contributed by atoms with Crippen molar-refractivity contribution in [3.8, 4) is 0 Å². The molecular weight excluding hydrogens is 224 g/mol. The average Bonchev–Trinajstić information content (AvgIpc) is 2.14. The number of nitrogens with two attached hydrogens (primary N) is 1. The minimum atomic E-state index is -1.04. The maximum Gasteiger partial charge on any atom is 0.411 e. The first-order valence-corrected chi connectivity index (χ1v) is 5.68. The Morgan fingerprint density at radius 3 is 2.47 bits per heavy atom. The smallest absolute Gasteiger partial charge is 0.411 e. The third-order valence-corrected chi connectivity index (χ3v) is 2.56. The van der Waals surface area contributed by atoms with E-state index in [1.165, 1.54) is 4.90 Å². The molecule has 1 rings (SSSR count). The Labute approximate surface area is 101 Å². The zero-order valence-electron chi connectivity index (χ0n) is 10.5. The van der Waals surface area contributed by atoms with Crippen LogP contribution in [-0.2, 0) is 9.53 Å². The van der Waals surface area contributed by atoms with E-state index in [4.69, 9.17) is 15.6 Å². The van der Waals surface area contributed by atoms with Crippen molar-refractivity contribution in [3.05, 3.63) is 0 Å². The van der Waals surface area contributed by atoms with E-state index in [0.717, 1.165) is 0 Å². The van der Waals surface area contributed by atoms with Gasteiger partial charge in [0, 0.05) is 12.6 Å². The molecule has 0 aromatic heterocycles. The fraction of sp³-hybridized carbons (Fsp3) is 0.818. The molecule has 17 heavy (non-hydrogen) atoms. The number of carbonyl (C=O) groups excluding carboxylic acids is 1. The summed E-state index contributed by atoms with van der Waals surface area (Å²) in [5.74, 6) is -1.04. The average molecular weight is 244 g/mol. The highest BCUT2D eigenvalue weighted by Crippen LogP contribution is 2.20. The van der Waals surface area contributed by atoms with Gasteiger partial charge in [0.1, 0.15) is 11.6 Å². The number of nitrogens with zero attached hydrogens (tertiary/aromatic N) is 1. The van der Waals surface area contributed by atoms with E-state index in [1.807, 2.05) is 0 Å². The fourth-order valence-corrected chi connectivity index (χ4v) is 1.77. The van der Waals surface area contributed by atoms with E-state index in [1.54, 1.807) is 20.8 Å². The Morgan fingerprint density at radius 1 is 1.41 bits per heavy atom. The summed E-state index contributed by atoms with van der Waals surface area (Å²) in [6.07, 6.45) is 0.286. The Hall–Kier alpha value is -1.30. The molecule has 0 aromatic carbocycles. The molecule has 2 unspecified atom stereocenters. The van der Waals surface area contributed by atoms with Crippen LogP contribution in [0.3, 0.4) is 0 Å². The third-order valence-electron chi connectivity index (χ3n) is 2.56. The molecule has 0 radical (unpaired) electrons. The minimum Gasteiger partial charge on any atom is -0.480 e. The lowest BCUT2D eigenvalue weighted by Gasteiger charge is -2.36. The van der Waals surface area contributed by atoms with Crippen LogP contribution in [0.2, 0.25) is 0 Å². The summed E-state index contributed by atoms with van der Waals surface area (Å²) in [6, 6.07) is -1.05. The van der Waals surface area contributed by atoms with Crippen LogP contribution in [0.5, 0.6) is 0 Å². The van der Waals surface area contributed by atoms with Gasteiger partial charge in [0.2, 0.25) is 0 Å². The Bertz CT molecular complexity index is 311. The van der Waals surface area contributed by atoms with Crippen LogP contribution in [-0.4, -0.2) is 46.3 Å². The lowest BCUT2D eigenvalue weighted by Crippen LogP contribution is -2.54. The van der Waals surface area contributed by atoms with Crippen molar-refractivity contribution in [2.45, 2.75) is 51.3 Å². The van der Waals surface area contributed by atoms with Crippen LogP contribution >= 0.6 is 0 Å². The molecule has 2 atom stereocenters. The van der Waals surface area contributed by atoms with Crippen LogP contribution in [0.4, 0.5) is 4.79 Å². The molecule has 1 aliphatic rings. The predicted molar refractivity (Wildman–Crippen MR) is 61.6 cm³/mol. The first-order valence-electron chi connectivity index (χ1n) is 5.68. The van der Waals surface area contributed by atoms with E-state index < -0.39 is 23.7 Å². The van der Waals surface area contributed by atoms with Gasteiger partial charge in [-0.2, -0.15) is 0 Å². The monoisotopic (exact) mass is 244 g/mol. The number of aliphatic carboxylic acids is 1. The van der Waals surface area contributed by atoms with Gasteiger partial charge in [-0.25, -0.2) is 9.59 Å². The third kappa shape index (κ3) is 3.89. The molecule has 0 aliphatic carbocycles. The van der Waals surface area contributed by atoms with Gasteiger partial charge in [-0.3, -0.25) is 4.90 Å². The summed E-state index contributed by atoms with van der Waals surface area (Å²) in [4.78, 5) is 24.2. The lowest BCUT2D eigenvalue weighted by molar-refractivity contribution is -0.144. The maximum absolute atomic E-state index is 11.8. The van der Waals surface area contributed by atoms with Crippen LogP contribution in [0.15, 0.2) is 0 Å². The van der Waals surface area contributed by atoms with Crippen molar-refractivity contribution in [1.82, 2.24) is 4.90 Å². The summed E-state index contributed by atoms with van der Waals surface area (Å²) < 4.78 is 5.18. The number of hydrogen-bond donors (Lipinski definition) is 2. The summed E-state index contributed by atoms with van der Waals surface area (Å²) in [5, 5.41) is 9.07. The van der Waals surface area contributed by atoms with E-state index in [2.05, 4.69) is 0 Å². The lowest BCUT2D eigenvalue weighted by atomic mass is 9.98. The maximum atomic E-state index is 11.8. The van der Waals surface area contributed by atoms with Crippen LogP contribution in [0.1, 0.15) is 33.6 Å². The molecule has 3 N–H and O–H groups in total. The molecule has 1 amide bonds. The second-order valence-corrected chi connectivity index (χ2v) is 5.31. The van der Waals surface area contributed by atoms with Crippen molar-refractivity contribution in [2.24, 2.45) is 5.73 Å². The predicted octanol–water partition coefficient (Wildman–Crippen LogP) is 0.798. The number of carboxylic acid groups (broad SMARTS) is 1. The topological polar surface area (TPSA) is 92.9 Å². The normalized spacial score (nSPS) is 25.5. The van der Waals surface area contributed by atoms with Gasteiger partial charge in [-0.05, 0) is 33.6 Å². The van der Waals surface area contributed by atoms with Crippen molar-refractivity contribution < 1.29 is 19.4 Å². The summed E-state index contributed by atoms with van der Waals surface area (Å²) in [7, 11) is 0. The number of carboxylic acids is 1. The first kappa shape index (κ1) is 13.8. The molecule has 0 bridgehead atoms. The van der Waals surface area contributed by atoms with E-state index in [-0.39, 0.29) is 12.5 Å². The van der Waals surface area contributed by atoms with Gasteiger partial charge in [0.05, 0.1) is 0 Å². The Morgan fingerprint density at radius 2 is 2.00 bits per heavy atom. The number of ether oxygens (including phenoxy) is 1. The Kier molecular flexibility index (Phi) is 3.98. The largest absolute Gasteiger partial charge is 0.480 e. The van der Waals surface area contributed by atoms with Crippen LogP contribution in [0.25, 0.3) is 0 Å². The molecule has 6 nitrogen and oxygen atoms in total. The number of amides is 1. The quantitative estimate of drug-likeness (QED) is 0.711. The highest BCUT2D eigenvalue weighted by Gasteiger charge is 2.37. The van der Waals surface area contributed by atoms with Crippen molar-refractivity contribution in [2.75, 3.05) is 6.54 Å². The molecule has 1 heterocycles. The summed E-state index contributed by atoms with van der Waals surface area (Å²) in [5.41, 5.74) is 5.09. The van der Waals surface area contributed by atoms with Gasteiger partial charge in [-0.15, -0.1) is 0 Å². The highest BCUT2D eigenvalue weighted by molar-refractivity contribution is 5.80. The number of piperidine rings is 1. The van der Waals surface area contributed by atoms with E-state index in [9.17, 15) is 9.59 Å². The van der Waals surface area contributed by atoms with Crippen LogP contribution in [0, 0.1) is 0 Å². The zero-order chi connectivity index (χ0) is 13.2. The number of likely N-dealkylation sites (tertiary alicyclic amines) is 1. The van der Waals surface area contributed by atoms with Crippen molar-refractivity contribution >= 4 is 12.1 Å². The van der Waals surface area contributed by atoms with E-state index >= 15 is 0 Å². The number of hydrogen-bond acceptors (Lipinski definition) is 4. The minimum absolute atomic E-state index is 0.171. The molecule has 6 heteroatoms. The highest BCUT2D eigenvalue weighted by atomic mass is 16.6. The fourth-order valence-electron chi connectivity index (χ4n) is 1.77. The van der Waals surface area contributed by atoms with Crippen LogP contribution < -0.4 is 5.73 Å². The molecular formula is C11H20N2O4. The first-order chi connectivity index (χ1) is 7.70. The second kappa shape index (κ2) is 4.91. The SMILES string of the molecule is CC(C)(C)OC(=O)N1CCC(N)CC1C(=O)O. The molecule has 98 valence electrons. The number of carbonyl (C=O) groups is 2. The molecule has 1 fully saturated rings. The van der Waals surface area contributed by atoms with Crippen molar-refractivity contribution in [3.63, 3.8) is 0 Å². The summed E-state index contributed by atoms with van der Waals surface area (Å²) >= 11 is 0. The molecule has 0 spiro atoms. The van der Waals surface area contributed by atoms with Crippen molar-refractivity contribution in [1.29, 1.82) is 0 Å². The van der Waals surface area contributed by atoms with Gasteiger partial charge < -0.3 is 15.6 Å². The van der Waals surface area contributed by atoms with Gasteiger partial charge >= 0.3 is 12.1 Å². The molecule has 0 saturated carbocycles. The molecule has 0 aromatic rings. The molecule has 1 aliphatic heterocycles. The number of rotatable bonds is 1. The van der Waals surface area contributed by atoms with Gasteiger partial charge in [0.15, 0.2) is 0 Å². The van der Waals surface area contributed by atoms with Gasteiger partial charge in [-0.1, -0.05) is 0 Å². The Balaban J connectivity index is 2.73. The summed E-state index contributed by atoms with van der Waals surface area (Å²) in [6.45, 7) is 5.57. The standard InChI is InChI=1S/C11H20N2O4/c1-11(2,3)17-10(16)13-5-4-7(12)6-8(13)9(14)15/h7-8H,4-6,12H2,1-3H3,(H,14,15). The molecule has 1 saturated heterocycles. The van der Waals surface area contributed by atoms with E-state index in [0.29, 0.717) is 13.0 Å². The van der Waals surface area contributed by atoms with Gasteiger partial charge in [0.25, 0.3) is 0 Å². The zero-order valence-corrected chi connectivity index (χ0v) is 10.5.